The van der Waals surface area contributed by atoms with E-state index in [4.69, 9.17) is 4.74 Å². The standard InChI is InChI=1S/C15H19N3O/c1-4-7-16-14-9-15(18-10-17-14)19-13-6-5-11(2)8-12(13)3/h5-6,8-10H,4,7H2,1-3H3,(H,16,17,18). The molecule has 1 aromatic heterocycles. The van der Waals surface area contributed by atoms with Gasteiger partial charge in [-0.3, -0.25) is 0 Å². The fourth-order valence-electron chi connectivity index (χ4n) is 1.77. The van der Waals surface area contributed by atoms with E-state index < -0.39 is 0 Å². The second kappa shape index (κ2) is 6.18. The number of ether oxygens (including phenoxy) is 1. The molecule has 0 amide bonds. The largest absolute Gasteiger partial charge is 0.439 e. The molecule has 1 N–H and O–H groups in total. The van der Waals surface area contributed by atoms with E-state index in [-0.39, 0.29) is 0 Å². The Balaban J connectivity index is 2.14. The molecule has 4 heteroatoms. The maximum absolute atomic E-state index is 5.79. The summed E-state index contributed by atoms with van der Waals surface area (Å²) in [6, 6.07) is 7.90. The number of nitrogens with zero attached hydrogens (tertiary/aromatic N) is 2. The van der Waals surface area contributed by atoms with Crippen molar-refractivity contribution in [2.45, 2.75) is 27.2 Å². The van der Waals surface area contributed by atoms with Crippen molar-refractivity contribution in [3.63, 3.8) is 0 Å². The van der Waals surface area contributed by atoms with Crippen LogP contribution in [0.4, 0.5) is 5.82 Å². The van der Waals surface area contributed by atoms with Crippen LogP contribution < -0.4 is 10.1 Å². The van der Waals surface area contributed by atoms with Crippen LogP contribution in [-0.4, -0.2) is 16.5 Å². The van der Waals surface area contributed by atoms with E-state index in [0.717, 1.165) is 30.1 Å². The Morgan fingerprint density at radius 1 is 1.16 bits per heavy atom. The fraction of sp³-hybridized carbons (Fsp3) is 0.333. The van der Waals surface area contributed by atoms with Crippen molar-refractivity contribution < 1.29 is 4.74 Å². The Hall–Kier alpha value is -2.10. The van der Waals surface area contributed by atoms with Crippen molar-refractivity contribution in [3.05, 3.63) is 41.7 Å². The second-order valence-electron chi connectivity index (χ2n) is 4.54. The molecular weight excluding hydrogens is 238 g/mol. The predicted molar refractivity (Wildman–Crippen MR) is 76.8 cm³/mol. The molecule has 0 spiro atoms. The predicted octanol–water partition coefficient (Wildman–Crippen LogP) is 3.71. The first kappa shape index (κ1) is 13.3. The normalized spacial score (nSPS) is 10.3. The highest BCUT2D eigenvalue weighted by Crippen LogP contribution is 2.25. The molecule has 0 fully saturated rings. The van der Waals surface area contributed by atoms with Gasteiger partial charge in [-0.15, -0.1) is 0 Å². The van der Waals surface area contributed by atoms with Gasteiger partial charge >= 0.3 is 0 Å². The zero-order valence-corrected chi connectivity index (χ0v) is 11.6. The monoisotopic (exact) mass is 257 g/mol. The van der Waals surface area contributed by atoms with Crippen LogP contribution in [0.1, 0.15) is 24.5 Å². The van der Waals surface area contributed by atoms with Crippen LogP contribution in [-0.2, 0) is 0 Å². The number of aryl methyl sites for hydroxylation is 2. The van der Waals surface area contributed by atoms with Crippen molar-refractivity contribution in [1.29, 1.82) is 0 Å². The van der Waals surface area contributed by atoms with Crippen LogP contribution in [0.5, 0.6) is 11.6 Å². The third kappa shape index (κ3) is 3.68. The molecule has 1 heterocycles. The molecule has 2 aromatic rings. The molecule has 100 valence electrons. The molecule has 0 saturated heterocycles. The first-order chi connectivity index (χ1) is 9.19. The van der Waals surface area contributed by atoms with Crippen LogP contribution in [0.15, 0.2) is 30.6 Å². The molecule has 19 heavy (non-hydrogen) atoms. The summed E-state index contributed by atoms with van der Waals surface area (Å²) in [6.07, 6.45) is 2.56. The van der Waals surface area contributed by atoms with Crippen LogP contribution in [0, 0.1) is 13.8 Å². The number of aromatic nitrogens is 2. The van der Waals surface area contributed by atoms with Crippen LogP contribution >= 0.6 is 0 Å². The Kier molecular flexibility index (Phi) is 4.34. The summed E-state index contributed by atoms with van der Waals surface area (Å²) in [5.74, 6) is 2.17. The summed E-state index contributed by atoms with van der Waals surface area (Å²) < 4.78 is 5.79. The summed E-state index contributed by atoms with van der Waals surface area (Å²) >= 11 is 0. The van der Waals surface area contributed by atoms with Gasteiger partial charge in [-0.2, -0.15) is 0 Å². The van der Waals surface area contributed by atoms with Crippen molar-refractivity contribution in [2.75, 3.05) is 11.9 Å². The quantitative estimate of drug-likeness (QED) is 0.887. The van der Waals surface area contributed by atoms with Gasteiger partial charge in [-0.1, -0.05) is 24.6 Å². The lowest BCUT2D eigenvalue weighted by Crippen LogP contribution is -2.02. The summed E-state index contributed by atoms with van der Waals surface area (Å²) in [4.78, 5) is 8.29. The molecule has 0 aliphatic heterocycles. The van der Waals surface area contributed by atoms with Gasteiger partial charge in [0.1, 0.15) is 17.9 Å². The highest BCUT2D eigenvalue weighted by Gasteiger charge is 2.04. The van der Waals surface area contributed by atoms with Crippen LogP contribution in [0.2, 0.25) is 0 Å². The molecule has 0 atom stereocenters. The van der Waals surface area contributed by atoms with Gasteiger partial charge in [0.2, 0.25) is 5.88 Å². The zero-order valence-electron chi connectivity index (χ0n) is 11.6. The topological polar surface area (TPSA) is 47.0 Å². The molecule has 0 radical (unpaired) electrons. The van der Waals surface area contributed by atoms with E-state index in [2.05, 4.69) is 35.2 Å². The summed E-state index contributed by atoms with van der Waals surface area (Å²) in [7, 11) is 0. The first-order valence-corrected chi connectivity index (χ1v) is 6.50. The molecule has 0 bridgehead atoms. The van der Waals surface area contributed by atoms with Crippen molar-refractivity contribution >= 4 is 5.82 Å². The third-order valence-corrected chi connectivity index (χ3v) is 2.74. The maximum atomic E-state index is 5.79. The lowest BCUT2D eigenvalue weighted by atomic mass is 10.1. The average molecular weight is 257 g/mol. The fourth-order valence-corrected chi connectivity index (χ4v) is 1.77. The molecule has 0 aliphatic carbocycles. The highest BCUT2D eigenvalue weighted by molar-refractivity contribution is 5.41. The average Bonchev–Trinajstić information content (AvgIpc) is 2.40. The minimum atomic E-state index is 0.556. The van der Waals surface area contributed by atoms with E-state index in [1.54, 1.807) is 0 Å². The van der Waals surface area contributed by atoms with E-state index >= 15 is 0 Å². The Labute approximate surface area is 113 Å². The molecule has 4 nitrogen and oxygen atoms in total. The van der Waals surface area contributed by atoms with E-state index in [1.165, 1.54) is 11.9 Å². The number of rotatable bonds is 5. The van der Waals surface area contributed by atoms with Gasteiger partial charge < -0.3 is 10.1 Å². The zero-order chi connectivity index (χ0) is 13.7. The number of hydrogen-bond acceptors (Lipinski definition) is 4. The molecular formula is C15H19N3O. The van der Waals surface area contributed by atoms with Crippen molar-refractivity contribution in [2.24, 2.45) is 0 Å². The molecule has 1 aromatic carbocycles. The van der Waals surface area contributed by atoms with Crippen LogP contribution in [0.25, 0.3) is 0 Å². The van der Waals surface area contributed by atoms with Crippen molar-refractivity contribution in [3.8, 4) is 11.6 Å². The minimum Gasteiger partial charge on any atom is -0.439 e. The first-order valence-electron chi connectivity index (χ1n) is 6.50. The number of benzene rings is 1. The number of hydrogen-bond donors (Lipinski definition) is 1. The third-order valence-electron chi connectivity index (χ3n) is 2.74. The van der Waals surface area contributed by atoms with Gasteiger partial charge in [-0.25, -0.2) is 9.97 Å². The molecule has 0 unspecified atom stereocenters. The van der Waals surface area contributed by atoms with Gasteiger partial charge in [0, 0.05) is 12.6 Å². The SMILES string of the molecule is CCCNc1cc(Oc2ccc(C)cc2C)ncn1. The lowest BCUT2D eigenvalue weighted by Gasteiger charge is -2.09. The summed E-state index contributed by atoms with van der Waals surface area (Å²) in [5.41, 5.74) is 2.32. The van der Waals surface area contributed by atoms with Gasteiger partial charge in [0.05, 0.1) is 0 Å². The highest BCUT2D eigenvalue weighted by atomic mass is 16.5. The summed E-state index contributed by atoms with van der Waals surface area (Å²) in [6.45, 7) is 7.09. The Bertz CT molecular complexity index is 555. The Morgan fingerprint density at radius 3 is 2.74 bits per heavy atom. The van der Waals surface area contributed by atoms with E-state index in [0.29, 0.717) is 5.88 Å². The number of anilines is 1. The molecule has 0 aliphatic rings. The van der Waals surface area contributed by atoms with Crippen LogP contribution in [0.3, 0.4) is 0 Å². The smallest absolute Gasteiger partial charge is 0.224 e. The molecule has 0 saturated carbocycles. The second-order valence-corrected chi connectivity index (χ2v) is 4.54. The van der Waals surface area contributed by atoms with Gasteiger partial charge in [0.15, 0.2) is 0 Å². The maximum Gasteiger partial charge on any atom is 0.224 e. The minimum absolute atomic E-state index is 0.556. The Morgan fingerprint density at radius 2 is 2.00 bits per heavy atom. The van der Waals surface area contributed by atoms with Crippen molar-refractivity contribution in [1.82, 2.24) is 9.97 Å². The van der Waals surface area contributed by atoms with Gasteiger partial charge in [0.25, 0.3) is 0 Å². The lowest BCUT2D eigenvalue weighted by molar-refractivity contribution is 0.458. The summed E-state index contributed by atoms with van der Waals surface area (Å²) in [5, 5.41) is 3.21. The van der Waals surface area contributed by atoms with E-state index in [1.807, 2.05) is 25.1 Å². The number of nitrogens with one attached hydrogen (secondary N) is 1. The van der Waals surface area contributed by atoms with Gasteiger partial charge in [-0.05, 0) is 31.9 Å². The van der Waals surface area contributed by atoms with E-state index in [9.17, 15) is 0 Å². The molecule has 2 rings (SSSR count).